The molecule has 1 aromatic rings. The van der Waals surface area contributed by atoms with Crippen LogP contribution in [-0.2, 0) is 15.1 Å². The van der Waals surface area contributed by atoms with Crippen molar-refractivity contribution in [3.63, 3.8) is 0 Å². The van der Waals surface area contributed by atoms with E-state index in [0.717, 1.165) is 5.56 Å². The molecule has 1 fully saturated rings. The number of hydrogen-bond acceptors (Lipinski definition) is 3. The molecule has 7 heteroatoms. The molecule has 1 unspecified atom stereocenters. The molecular weight excluding hydrogens is 302 g/mol. The standard InChI is InChI=1S/C11H8BrN3O3/c1-4-2-5-7(6(12)3-4)13-8(16)11(5)9(17)14-10(18)15-11/h2-3H,1H3,(H,13,16)(H2,14,15,17,18). The molecule has 0 saturated carbocycles. The summed E-state index contributed by atoms with van der Waals surface area (Å²) in [5, 5.41) is 7.12. The highest BCUT2D eigenvalue weighted by atomic mass is 79.9. The van der Waals surface area contributed by atoms with Gasteiger partial charge in [0.25, 0.3) is 11.8 Å². The van der Waals surface area contributed by atoms with E-state index in [9.17, 15) is 14.4 Å². The van der Waals surface area contributed by atoms with Crippen LogP contribution in [0.15, 0.2) is 16.6 Å². The van der Waals surface area contributed by atoms with Gasteiger partial charge in [0.15, 0.2) is 0 Å². The van der Waals surface area contributed by atoms with Gasteiger partial charge in [-0.05, 0) is 34.5 Å². The topological polar surface area (TPSA) is 87.3 Å². The Labute approximate surface area is 110 Å². The molecule has 3 N–H and O–H groups in total. The van der Waals surface area contributed by atoms with Crippen LogP contribution < -0.4 is 16.0 Å². The Morgan fingerprint density at radius 1 is 1.11 bits per heavy atom. The zero-order chi connectivity index (χ0) is 13.1. The molecule has 2 aliphatic rings. The Hall–Kier alpha value is -1.89. The van der Waals surface area contributed by atoms with Crippen molar-refractivity contribution in [1.82, 2.24) is 10.6 Å². The largest absolute Gasteiger partial charge is 0.323 e. The minimum absolute atomic E-state index is 0.461. The number of aryl methyl sites for hydroxylation is 1. The number of amides is 4. The number of benzene rings is 1. The van der Waals surface area contributed by atoms with Crippen LogP contribution in [0.5, 0.6) is 0 Å². The van der Waals surface area contributed by atoms with Gasteiger partial charge >= 0.3 is 6.03 Å². The van der Waals surface area contributed by atoms with E-state index in [-0.39, 0.29) is 0 Å². The second-order valence-electron chi connectivity index (χ2n) is 4.28. The van der Waals surface area contributed by atoms with Crippen molar-refractivity contribution in [3.8, 4) is 0 Å². The van der Waals surface area contributed by atoms with Crippen LogP contribution in [-0.4, -0.2) is 17.8 Å². The van der Waals surface area contributed by atoms with Gasteiger partial charge < -0.3 is 10.6 Å². The predicted molar refractivity (Wildman–Crippen MR) is 65.9 cm³/mol. The molecule has 1 atom stereocenters. The molecule has 3 rings (SSSR count). The van der Waals surface area contributed by atoms with Crippen LogP contribution in [0.3, 0.4) is 0 Å². The van der Waals surface area contributed by atoms with Crippen LogP contribution in [0, 0.1) is 6.92 Å². The number of halogens is 1. The number of carbonyl (C=O) groups excluding carboxylic acids is 3. The minimum Gasteiger partial charge on any atom is -0.322 e. The summed E-state index contributed by atoms with van der Waals surface area (Å²) in [6.45, 7) is 1.84. The van der Waals surface area contributed by atoms with Gasteiger partial charge in [0.05, 0.1) is 5.69 Å². The van der Waals surface area contributed by atoms with Gasteiger partial charge in [0, 0.05) is 10.0 Å². The van der Waals surface area contributed by atoms with Gasteiger partial charge in [-0.2, -0.15) is 0 Å². The van der Waals surface area contributed by atoms with Crippen molar-refractivity contribution in [2.24, 2.45) is 0 Å². The quantitative estimate of drug-likeness (QED) is 0.488. The van der Waals surface area contributed by atoms with Crippen molar-refractivity contribution in [3.05, 3.63) is 27.7 Å². The molecule has 0 aliphatic carbocycles. The lowest BCUT2D eigenvalue weighted by Crippen LogP contribution is -2.49. The number of urea groups is 1. The van der Waals surface area contributed by atoms with Crippen LogP contribution in [0.4, 0.5) is 10.5 Å². The summed E-state index contributed by atoms with van der Waals surface area (Å²) in [6.07, 6.45) is 0. The molecule has 1 saturated heterocycles. The smallest absolute Gasteiger partial charge is 0.322 e. The lowest BCUT2D eigenvalue weighted by Gasteiger charge is -2.17. The average Bonchev–Trinajstić information content (AvgIpc) is 2.71. The van der Waals surface area contributed by atoms with E-state index in [1.54, 1.807) is 6.07 Å². The average molecular weight is 310 g/mol. The lowest BCUT2D eigenvalue weighted by atomic mass is 9.90. The van der Waals surface area contributed by atoms with E-state index >= 15 is 0 Å². The summed E-state index contributed by atoms with van der Waals surface area (Å²) in [7, 11) is 0. The highest BCUT2D eigenvalue weighted by molar-refractivity contribution is 9.10. The molecule has 1 aromatic carbocycles. The van der Waals surface area contributed by atoms with Gasteiger partial charge in [-0.15, -0.1) is 0 Å². The van der Waals surface area contributed by atoms with E-state index in [4.69, 9.17) is 0 Å². The van der Waals surface area contributed by atoms with Gasteiger partial charge in [-0.1, -0.05) is 6.07 Å². The summed E-state index contributed by atoms with van der Waals surface area (Å²) in [5.41, 5.74) is 0.220. The van der Waals surface area contributed by atoms with Crippen LogP contribution in [0.2, 0.25) is 0 Å². The highest BCUT2D eigenvalue weighted by Gasteiger charge is 2.59. The van der Waals surface area contributed by atoms with E-state index < -0.39 is 23.4 Å². The molecule has 18 heavy (non-hydrogen) atoms. The van der Waals surface area contributed by atoms with Crippen LogP contribution in [0.1, 0.15) is 11.1 Å². The fraction of sp³-hybridized carbons (Fsp3) is 0.182. The van der Waals surface area contributed by atoms with E-state index in [1.807, 2.05) is 13.0 Å². The number of rotatable bonds is 0. The first-order valence-electron chi connectivity index (χ1n) is 5.21. The van der Waals surface area contributed by atoms with Gasteiger partial charge in [0.2, 0.25) is 5.54 Å². The Morgan fingerprint density at radius 3 is 2.39 bits per heavy atom. The first-order chi connectivity index (χ1) is 8.45. The normalized spacial score (nSPS) is 24.9. The van der Waals surface area contributed by atoms with Crippen molar-refractivity contribution < 1.29 is 14.4 Å². The molecule has 2 aliphatic heterocycles. The number of carbonyl (C=O) groups is 3. The maximum absolute atomic E-state index is 12.1. The summed E-state index contributed by atoms with van der Waals surface area (Å²) in [6, 6.07) is 2.87. The molecule has 6 nitrogen and oxygen atoms in total. The van der Waals surface area contributed by atoms with Crippen LogP contribution in [0.25, 0.3) is 0 Å². The first-order valence-corrected chi connectivity index (χ1v) is 6.00. The fourth-order valence-electron chi connectivity index (χ4n) is 2.30. The molecule has 2 heterocycles. The van der Waals surface area contributed by atoms with E-state index in [2.05, 4.69) is 31.9 Å². The van der Waals surface area contributed by atoms with E-state index in [0.29, 0.717) is 15.7 Å². The molecular formula is C11H8BrN3O3. The predicted octanol–water partition coefficient (Wildman–Crippen LogP) is 0.744. The third-order valence-electron chi connectivity index (χ3n) is 3.09. The Morgan fingerprint density at radius 2 is 1.78 bits per heavy atom. The van der Waals surface area contributed by atoms with Crippen LogP contribution >= 0.6 is 15.9 Å². The number of imide groups is 1. The SMILES string of the molecule is Cc1cc(Br)c2c(c1)C1(NC(=O)NC1=O)C(=O)N2. The number of nitrogens with one attached hydrogen (secondary N) is 3. The number of fused-ring (bicyclic) bond motifs is 2. The molecule has 0 radical (unpaired) electrons. The highest BCUT2D eigenvalue weighted by Crippen LogP contribution is 2.42. The Balaban J connectivity index is 2.30. The summed E-state index contributed by atoms with van der Waals surface area (Å²) in [5.74, 6) is -1.20. The number of anilines is 1. The van der Waals surface area contributed by atoms with Gasteiger partial charge in [-0.25, -0.2) is 4.79 Å². The van der Waals surface area contributed by atoms with Gasteiger partial charge in [-0.3, -0.25) is 14.9 Å². The maximum Gasteiger partial charge on any atom is 0.323 e. The van der Waals surface area contributed by atoms with Crippen molar-refractivity contribution in [2.75, 3.05) is 5.32 Å². The monoisotopic (exact) mass is 309 g/mol. The molecule has 0 aromatic heterocycles. The summed E-state index contributed by atoms with van der Waals surface area (Å²) < 4.78 is 0.677. The zero-order valence-electron chi connectivity index (χ0n) is 9.26. The second-order valence-corrected chi connectivity index (χ2v) is 5.14. The Kier molecular flexibility index (Phi) is 2.07. The maximum atomic E-state index is 12.1. The number of hydrogen-bond donors (Lipinski definition) is 3. The minimum atomic E-state index is -1.64. The van der Waals surface area contributed by atoms with Crippen molar-refractivity contribution in [1.29, 1.82) is 0 Å². The summed E-state index contributed by atoms with van der Waals surface area (Å²) >= 11 is 3.33. The third kappa shape index (κ3) is 1.19. The third-order valence-corrected chi connectivity index (χ3v) is 3.71. The van der Waals surface area contributed by atoms with Gasteiger partial charge in [0.1, 0.15) is 0 Å². The molecule has 92 valence electrons. The first kappa shape index (κ1) is 11.2. The second kappa shape index (κ2) is 3.32. The Bertz CT molecular complexity index is 628. The molecule has 1 spiro atoms. The lowest BCUT2D eigenvalue weighted by molar-refractivity contribution is -0.132. The molecule has 0 bridgehead atoms. The summed E-state index contributed by atoms with van der Waals surface area (Å²) in [4.78, 5) is 35.3. The van der Waals surface area contributed by atoms with Crippen molar-refractivity contribution in [2.45, 2.75) is 12.5 Å². The molecule has 4 amide bonds. The van der Waals surface area contributed by atoms with Crippen molar-refractivity contribution >= 4 is 39.5 Å². The zero-order valence-corrected chi connectivity index (χ0v) is 10.8. The van der Waals surface area contributed by atoms with E-state index in [1.165, 1.54) is 0 Å². The fourth-order valence-corrected chi connectivity index (χ4v) is 2.97.